The maximum Gasteiger partial charge on any atom is 0.254 e. The van der Waals surface area contributed by atoms with E-state index in [2.05, 4.69) is 4.98 Å². The van der Waals surface area contributed by atoms with E-state index >= 15 is 0 Å². The number of para-hydroxylation sites is 2. The molecule has 0 bridgehead atoms. The molecule has 6 nitrogen and oxygen atoms in total. The highest BCUT2D eigenvalue weighted by molar-refractivity contribution is 5.99. The van der Waals surface area contributed by atoms with Gasteiger partial charge < -0.3 is 14.8 Å². The molecule has 28 heavy (non-hydrogen) atoms. The number of nitrogens with zero attached hydrogens (tertiary/aromatic N) is 3. The number of aromatic amines is 1. The number of carbonyl (C=O) groups excluding carboxylic acids is 2. The monoisotopic (exact) mass is 374 g/mol. The third-order valence-electron chi connectivity index (χ3n) is 5.72. The molecule has 3 aromatic rings. The van der Waals surface area contributed by atoms with Gasteiger partial charge in [-0.25, -0.2) is 4.98 Å². The van der Waals surface area contributed by atoms with Gasteiger partial charge in [0.2, 0.25) is 5.91 Å². The number of hydrogen-bond donors (Lipinski definition) is 1. The fourth-order valence-corrected chi connectivity index (χ4v) is 4.32. The van der Waals surface area contributed by atoms with Gasteiger partial charge in [-0.15, -0.1) is 0 Å². The molecule has 0 radical (unpaired) electrons. The van der Waals surface area contributed by atoms with Crippen LogP contribution in [0.4, 0.5) is 5.69 Å². The molecule has 0 aliphatic carbocycles. The molecule has 2 fully saturated rings. The van der Waals surface area contributed by atoms with Crippen LogP contribution in [0.1, 0.15) is 47.9 Å². The van der Waals surface area contributed by atoms with Crippen LogP contribution in [0.5, 0.6) is 0 Å². The lowest BCUT2D eigenvalue weighted by atomic mass is 10.1. The highest BCUT2D eigenvalue weighted by Gasteiger charge is 2.33. The maximum absolute atomic E-state index is 13.3. The van der Waals surface area contributed by atoms with E-state index in [1.54, 1.807) is 4.90 Å². The highest BCUT2D eigenvalue weighted by atomic mass is 16.2. The van der Waals surface area contributed by atoms with E-state index in [-0.39, 0.29) is 17.9 Å². The average molecular weight is 374 g/mol. The lowest BCUT2D eigenvalue weighted by Gasteiger charge is -2.24. The Morgan fingerprint density at radius 3 is 2.79 bits per heavy atom. The van der Waals surface area contributed by atoms with E-state index in [9.17, 15) is 9.59 Å². The van der Waals surface area contributed by atoms with Crippen LogP contribution in [0.25, 0.3) is 11.0 Å². The van der Waals surface area contributed by atoms with Crippen molar-refractivity contribution in [1.82, 2.24) is 14.9 Å². The summed E-state index contributed by atoms with van der Waals surface area (Å²) in [6, 6.07) is 15.3. The molecule has 2 aliphatic heterocycles. The SMILES string of the molecule is O=C1CCCN1c1cccc(C(=O)N2CCCC2c2nc3ccccc3[nH]2)c1. The Morgan fingerprint density at radius 1 is 1.07 bits per heavy atom. The third-order valence-corrected chi connectivity index (χ3v) is 5.72. The summed E-state index contributed by atoms with van der Waals surface area (Å²) in [7, 11) is 0. The fraction of sp³-hybridized carbons (Fsp3) is 0.318. The zero-order valence-corrected chi connectivity index (χ0v) is 15.6. The quantitative estimate of drug-likeness (QED) is 0.760. The van der Waals surface area contributed by atoms with E-state index in [4.69, 9.17) is 4.98 Å². The molecular formula is C22H22N4O2. The highest BCUT2D eigenvalue weighted by Crippen LogP contribution is 2.33. The van der Waals surface area contributed by atoms with Gasteiger partial charge >= 0.3 is 0 Å². The van der Waals surface area contributed by atoms with Crippen LogP contribution in [-0.4, -0.2) is 39.8 Å². The van der Waals surface area contributed by atoms with Gasteiger partial charge in [0, 0.05) is 30.8 Å². The second-order valence-corrected chi connectivity index (χ2v) is 7.50. The Kier molecular flexibility index (Phi) is 4.11. The van der Waals surface area contributed by atoms with Crippen molar-refractivity contribution in [2.24, 2.45) is 0 Å². The number of hydrogen-bond acceptors (Lipinski definition) is 3. The first-order chi connectivity index (χ1) is 13.7. The number of fused-ring (bicyclic) bond motifs is 1. The van der Waals surface area contributed by atoms with E-state index in [0.717, 1.165) is 48.4 Å². The molecule has 1 N–H and O–H groups in total. The topological polar surface area (TPSA) is 69.3 Å². The number of carbonyl (C=O) groups is 2. The molecule has 0 saturated carbocycles. The Morgan fingerprint density at radius 2 is 1.96 bits per heavy atom. The molecule has 6 heteroatoms. The first kappa shape index (κ1) is 17.0. The predicted octanol–water partition coefficient (Wildman–Crippen LogP) is 3.67. The number of rotatable bonds is 3. The average Bonchev–Trinajstić information content (AvgIpc) is 3.45. The van der Waals surface area contributed by atoms with Crippen molar-refractivity contribution < 1.29 is 9.59 Å². The predicted molar refractivity (Wildman–Crippen MR) is 107 cm³/mol. The van der Waals surface area contributed by atoms with E-state index in [1.807, 2.05) is 53.4 Å². The number of likely N-dealkylation sites (tertiary alicyclic amines) is 1. The molecule has 0 spiro atoms. The molecule has 142 valence electrons. The number of nitrogens with one attached hydrogen (secondary N) is 1. The summed E-state index contributed by atoms with van der Waals surface area (Å²) < 4.78 is 0. The summed E-state index contributed by atoms with van der Waals surface area (Å²) in [4.78, 5) is 37.1. The zero-order valence-electron chi connectivity index (χ0n) is 15.6. The first-order valence-corrected chi connectivity index (χ1v) is 9.87. The lowest BCUT2D eigenvalue weighted by Crippen LogP contribution is -2.31. The van der Waals surface area contributed by atoms with E-state index in [0.29, 0.717) is 18.5 Å². The van der Waals surface area contributed by atoms with Crippen molar-refractivity contribution in [2.75, 3.05) is 18.0 Å². The van der Waals surface area contributed by atoms with Gasteiger partial charge in [0.15, 0.2) is 0 Å². The molecule has 1 aromatic heterocycles. The molecule has 3 heterocycles. The van der Waals surface area contributed by atoms with Crippen molar-refractivity contribution in [1.29, 1.82) is 0 Å². The van der Waals surface area contributed by atoms with Gasteiger partial charge in [0.25, 0.3) is 5.91 Å². The van der Waals surface area contributed by atoms with Crippen LogP contribution in [0.3, 0.4) is 0 Å². The van der Waals surface area contributed by atoms with Crippen LogP contribution >= 0.6 is 0 Å². The van der Waals surface area contributed by atoms with Gasteiger partial charge in [0.1, 0.15) is 5.82 Å². The second-order valence-electron chi connectivity index (χ2n) is 7.50. The summed E-state index contributed by atoms with van der Waals surface area (Å²) in [6.07, 6.45) is 3.31. The standard InChI is InChI=1S/C22H22N4O2/c27-20-11-5-12-25(20)16-7-3-6-15(14-16)22(28)26-13-4-10-19(26)21-23-17-8-1-2-9-18(17)24-21/h1-3,6-9,14,19H,4-5,10-13H2,(H,23,24). The van der Waals surface area contributed by atoms with Crippen LogP contribution < -0.4 is 4.90 Å². The van der Waals surface area contributed by atoms with Gasteiger partial charge in [-0.2, -0.15) is 0 Å². The van der Waals surface area contributed by atoms with Gasteiger partial charge in [0.05, 0.1) is 17.1 Å². The zero-order chi connectivity index (χ0) is 19.1. The molecular weight excluding hydrogens is 352 g/mol. The van der Waals surface area contributed by atoms with Crippen molar-refractivity contribution in [3.63, 3.8) is 0 Å². The normalized spacial score (nSPS) is 19.7. The Labute approximate surface area is 163 Å². The molecule has 2 aliphatic rings. The molecule has 5 rings (SSSR count). The minimum absolute atomic E-state index is 0.00329. The van der Waals surface area contributed by atoms with Gasteiger partial charge in [-0.3, -0.25) is 9.59 Å². The summed E-state index contributed by atoms with van der Waals surface area (Å²) in [6.45, 7) is 1.44. The summed E-state index contributed by atoms with van der Waals surface area (Å²) >= 11 is 0. The minimum atomic E-state index is -0.0445. The Hall–Kier alpha value is -3.15. The molecule has 2 aromatic carbocycles. The number of imidazole rings is 1. The van der Waals surface area contributed by atoms with Crippen LogP contribution in [0.2, 0.25) is 0 Å². The van der Waals surface area contributed by atoms with E-state index < -0.39 is 0 Å². The van der Waals surface area contributed by atoms with Gasteiger partial charge in [-0.05, 0) is 49.6 Å². The third kappa shape index (κ3) is 2.85. The van der Waals surface area contributed by atoms with Crippen molar-refractivity contribution in [3.8, 4) is 0 Å². The second kappa shape index (κ2) is 6.78. The van der Waals surface area contributed by atoms with Crippen molar-refractivity contribution in [3.05, 3.63) is 59.9 Å². The minimum Gasteiger partial charge on any atom is -0.340 e. The summed E-state index contributed by atoms with van der Waals surface area (Å²) in [5, 5.41) is 0. The van der Waals surface area contributed by atoms with Crippen LogP contribution in [0, 0.1) is 0 Å². The van der Waals surface area contributed by atoms with Gasteiger partial charge in [-0.1, -0.05) is 18.2 Å². The lowest BCUT2D eigenvalue weighted by molar-refractivity contribution is -0.117. The van der Waals surface area contributed by atoms with Crippen LogP contribution in [-0.2, 0) is 4.79 Å². The van der Waals surface area contributed by atoms with Crippen molar-refractivity contribution in [2.45, 2.75) is 31.7 Å². The fourth-order valence-electron chi connectivity index (χ4n) is 4.32. The molecule has 2 saturated heterocycles. The summed E-state index contributed by atoms with van der Waals surface area (Å²) in [5.41, 5.74) is 3.35. The Balaban J connectivity index is 1.43. The van der Waals surface area contributed by atoms with Crippen molar-refractivity contribution >= 4 is 28.5 Å². The summed E-state index contributed by atoms with van der Waals surface area (Å²) in [5.74, 6) is 0.973. The Bertz CT molecular complexity index is 1020. The van der Waals surface area contributed by atoms with E-state index in [1.165, 1.54) is 0 Å². The maximum atomic E-state index is 13.3. The number of H-pyrrole nitrogens is 1. The molecule has 1 atom stereocenters. The largest absolute Gasteiger partial charge is 0.340 e. The van der Waals surface area contributed by atoms with Crippen LogP contribution in [0.15, 0.2) is 48.5 Å². The number of aromatic nitrogens is 2. The first-order valence-electron chi connectivity index (χ1n) is 9.87. The molecule has 2 amide bonds. The smallest absolute Gasteiger partial charge is 0.254 e. The number of amides is 2. The number of benzene rings is 2. The number of anilines is 1. The molecule has 1 unspecified atom stereocenters.